The van der Waals surface area contributed by atoms with Crippen molar-refractivity contribution < 1.29 is 9.90 Å². The third-order valence-corrected chi connectivity index (χ3v) is 3.93. The Kier molecular flexibility index (Phi) is 4.50. The summed E-state index contributed by atoms with van der Waals surface area (Å²) in [5, 5.41) is 10.1. The minimum Gasteiger partial charge on any atom is -0.393 e. The van der Waals surface area contributed by atoms with Crippen molar-refractivity contribution in [3.63, 3.8) is 0 Å². The fourth-order valence-electron chi connectivity index (χ4n) is 1.80. The number of fused-ring (bicyclic) bond motifs is 1. The molecule has 1 aromatic carbocycles. The number of aliphatic hydroxyl groups excluding tert-OH is 1. The van der Waals surface area contributed by atoms with Crippen molar-refractivity contribution in [2.75, 3.05) is 7.05 Å². The van der Waals surface area contributed by atoms with E-state index in [0.717, 1.165) is 15.2 Å². The van der Waals surface area contributed by atoms with Gasteiger partial charge in [0.2, 0.25) is 5.91 Å². The Morgan fingerprint density at radius 2 is 2.21 bits per heavy atom. The molecule has 0 saturated heterocycles. The summed E-state index contributed by atoms with van der Waals surface area (Å²) < 4.78 is 1.14. The first-order valence-corrected chi connectivity index (χ1v) is 7.14. The van der Waals surface area contributed by atoms with Crippen LogP contribution in [0, 0.1) is 0 Å². The molecule has 0 fully saturated rings. The summed E-state index contributed by atoms with van der Waals surface area (Å²) >= 11 is 1.61. The highest BCUT2D eigenvalue weighted by molar-refractivity contribution is 7.18. The molecule has 1 aromatic heterocycles. The number of aromatic nitrogens is 1. The average molecular weight is 278 g/mol. The van der Waals surface area contributed by atoms with Gasteiger partial charge in [-0.1, -0.05) is 12.1 Å². The first kappa shape index (κ1) is 14.0. The van der Waals surface area contributed by atoms with E-state index >= 15 is 0 Å². The molecule has 1 heterocycles. The maximum Gasteiger partial charge on any atom is 0.222 e. The highest BCUT2D eigenvalue weighted by atomic mass is 32.1. The molecule has 0 saturated carbocycles. The van der Waals surface area contributed by atoms with Crippen molar-refractivity contribution >= 4 is 27.5 Å². The van der Waals surface area contributed by atoms with Gasteiger partial charge in [-0.15, -0.1) is 11.3 Å². The maximum atomic E-state index is 11.9. The number of hydrogen-bond acceptors (Lipinski definition) is 4. The van der Waals surface area contributed by atoms with Crippen molar-refractivity contribution in [3.8, 4) is 0 Å². The Labute approximate surface area is 116 Å². The van der Waals surface area contributed by atoms with E-state index in [1.807, 2.05) is 24.3 Å². The van der Waals surface area contributed by atoms with E-state index < -0.39 is 6.10 Å². The van der Waals surface area contributed by atoms with Crippen molar-refractivity contribution in [3.05, 3.63) is 29.3 Å². The minimum atomic E-state index is -0.431. The van der Waals surface area contributed by atoms with Crippen LogP contribution < -0.4 is 0 Å². The SMILES string of the molecule is CC(O)CCC(=O)N(C)Cc1nc2ccccc2s1. The fourth-order valence-corrected chi connectivity index (χ4v) is 2.82. The lowest BCUT2D eigenvalue weighted by Gasteiger charge is -2.15. The van der Waals surface area contributed by atoms with Gasteiger partial charge >= 0.3 is 0 Å². The van der Waals surface area contributed by atoms with E-state index in [4.69, 9.17) is 0 Å². The van der Waals surface area contributed by atoms with Crippen LogP contribution >= 0.6 is 11.3 Å². The number of para-hydroxylation sites is 1. The molecular formula is C14H18N2O2S. The predicted molar refractivity (Wildman–Crippen MR) is 77.0 cm³/mol. The normalized spacial score (nSPS) is 12.6. The summed E-state index contributed by atoms with van der Waals surface area (Å²) in [6.07, 6.45) is 0.446. The van der Waals surface area contributed by atoms with Crippen LogP contribution in [0.15, 0.2) is 24.3 Å². The van der Waals surface area contributed by atoms with Gasteiger partial charge in [-0.2, -0.15) is 0 Å². The molecule has 0 radical (unpaired) electrons. The summed E-state index contributed by atoms with van der Waals surface area (Å²) in [7, 11) is 1.77. The minimum absolute atomic E-state index is 0.0418. The summed E-state index contributed by atoms with van der Waals surface area (Å²) in [6, 6.07) is 7.96. The fraction of sp³-hybridized carbons (Fsp3) is 0.429. The standard InChI is InChI=1S/C14H18N2O2S/c1-10(17)7-8-14(18)16(2)9-13-15-11-5-3-4-6-12(11)19-13/h3-6,10,17H,7-9H2,1-2H3. The molecule has 19 heavy (non-hydrogen) atoms. The van der Waals surface area contributed by atoms with E-state index in [1.165, 1.54) is 0 Å². The van der Waals surface area contributed by atoms with Crippen LogP contribution in [0.25, 0.3) is 10.2 Å². The lowest BCUT2D eigenvalue weighted by atomic mass is 10.2. The molecule has 0 aliphatic rings. The molecule has 2 rings (SSSR count). The molecule has 2 aromatic rings. The van der Waals surface area contributed by atoms with Crippen molar-refractivity contribution in [2.24, 2.45) is 0 Å². The molecule has 0 bridgehead atoms. The highest BCUT2D eigenvalue weighted by Crippen LogP contribution is 2.22. The van der Waals surface area contributed by atoms with Gasteiger partial charge in [-0.3, -0.25) is 4.79 Å². The van der Waals surface area contributed by atoms with Crippen LogP contribution in [0.1, 0.15) is 24.8 Å². The number of benzene rings is 1. The highest BCUT2D eigenvalue weighted by Gasteiger charge is 2.12. The summed E-state index contributed by atoms with van der Waals surface area (Å²) in [4.78, 5) is 18.0. The number of thiazole rings is 1. The van der Waals surface area contributed by atoms with Gasteiger partial charge in [0.25, 0.3) is 0 Å². The third-order valence-electron chi connectivity index (χ3n) is 2.91. The first-order valence-electron chi connectivity index (χ1n) is 6.32. The Hall–Kier alpha value is -1.46. The summed E-state index contributed by atoms with van der Waals surface area (Å²) in [5.41, 5.74) is 0.979. The molecule has 5 heteroatoms. The number of amides is 1. The number of aliphatic hydroxyl groups is 1. The second-order valence-corrected chi connectivity index (χ2v) is 5.83. The van der Waals surface area contributed by atoms with Crippen LogP contribution in [-0.4, -0.2) is 34.0 Å². The number of hydrogen-bond donors (Lipinski definition) is 1. The molecule has 1 atom stereocenters. The van der Waals surface area contributed by atoms with Gasteiger partial charge in [0, 0.05) is 13.5 Å². The molecule has 1 unspecified atom stereocenters. The Morgan fingerprint density at radius 3 is 2.89 bits per heavy atom. The second-order valence-electron chi connectivity index (χ2n) is 4.71. The van der Waals surface area contributed by atoms with Gasteiger partial charge in [-0.05, 0) is 25.5 Å². The Bertz CT molecular complexity index is 532. The van der Waals surface area contributed by atoms with E-state index in [1.54, 1.807) is 30.2 Å². The first-order chi connectivity index (χ1) is 9.06. The van der Waals surface area contributed by atoms with Gasteiger partial charge < -0.3 is 10.0 Å². The number of carbonyl (C=O) groups is 1. The molecule has 4 nitrogen and oxygen atoms in total. The van der Waals surface area contributed by atoms with Crippen LogP contribution in [0.5, 0.6) is 0 Å². The van der Waals surface area contributed by atoms with Gasteiger partial charge in [0.15, 0.2) is 0 Å². The maximum absolute atomic E-state index is 11.9. The van der Waals surface area contributed by atoms with Gasteiger partial charge in [-0.25, -0.2) is 4.98 Å². The Morgan fingerprint density at radius 1 is 1.47 bits per heavy atom. The van der Waals surface area contributed by atoms with Crippen molar-refractivity contribution in [1.82, 2.24) is 9.88 Å². The monoisotopic (exact) mass is 278 g/mol. The molecule has 1 amide bonds. The van der Waals surface area contributed by atoms with Crippen LogP contribution in [0.2, 0.25) is 0 Å². The lowest BCUT2D eigenvalue weighted by molar-refractivity contribution is -0.131. The summed E-state index contributed by atoms with van der Waals surface area (Å²) in [5.74, 6) is 0.0418. The lowest BCUT2D eigenvalue weighted by Crippen LogP contribution is -2.26. The predicted octanol–water partition coefficient (Wildman–Crippen LogP) is 2.42. The van der Waals surface area contributed by atoms with Crippen LogP contribution in [0.3, 0.4) is 0 Å². The van der Waals surface area contributed by atoms with E-state index in [-0.39, 0.29) is 5.91 Å². The quantitative estimate of drug-likeness (QED) is 0.914. The zero-order valence-corrected chi connectivity index (χ0v) is 12.0. The molecule has 0 aliphatic heterocycles. The van der Waals surface area contributed by atoms with Gasteiger partial charge in [0.05, 0.1) is 22.9 Å². The van der Waals surface area contributed by atoms with Crippen LogP contribution in [-0.2, 0) is 11.3 Å². The number of rotatable bonds is 5. The smallest absolute Gasteiger partial charge is 0.222 e. The number of nitrogens with zero attached hydrogens (tertiary/aromatic N) is 2. The molecule has 0 spiro atoms. The van der Waals surface area contributed by atoms with E-state index in [0.29, 0.717) is 19.4 Å². The molecule has 102 valence electrons. The molecule has 1 N–H and O–H groups in total. The van der Waals surface area contributed by atoms with Crippen LogP contribution in [0.4, 0.5) is 0 Å². The molecular weight excluding hydrogens is 260 g/mol. The van der Waals surface area contributed by atoms with E-state index in [9.17, 15) is 9.90 Å². The Balaban J connectivity index is 1.98. The topological polar surface area (TPSA) is 53.4 Å². The largest absolute Gasteiger partial charge is 0.393 e. The van der Waals surface area contributed by atoms with Crippen molar-refractivity contribution in [1.29, 1.82) is 0 Å². The molecule has 0 aliphatic carbocycles. The van der Waals surface area contributed by atoms with Crippen molar-refractivity contribution in [2.45, 2.75) is 32.4 Å². The third kappa shape index (κ3) is 3.75. The second kappa shape index (κ2) is 6.12. The zero-order valence-electron chi connectivity index (χ0n) is 11.2. The number of carbonyl (C=O) groups excluding carboxylic acids is 1. The van der Waals surface area contributed by atoms with Gasteiger partial charge in [0.1, 0.15) is 5.01 Å². The zero-order chi connectivity index (χ0) is 13.8. The van der Waals surface area contributed by atoms with E-state index in [2.05, 4.69) is 4.98 Å². The summed E-state index contributed by atoms with van der Waals surface area (Å²) in [6.45, 7) is 2.22. The average Bonchev–Trinajstić information content (AvgIpc) is 2.77.